The van der Waals surface area contributed by atoms with Gasteiger partial charge < -0.3 is 14.7 Å². The van der Waals surface area contributed by atoms with Crippen molar-refractivity contribution in [3.8, 4) is 5.75 Å². The van der Waals surface area contributed by atoms with E-state index in [9.17, 15) is 18.3 Å². The summed E-state index contributed by atoms with van der Waals surface area (Å²) in [5, 5.41) is 8.85. The second-order valence-corrected chi connectivity index (χ2v) is 10.9. The Balaban J connectivity index is 2.25. The molecule has 0 fully saturated rings. The molecule has 0 amide bonds. The minimum absolute atomic E-state index is 0.122. The number of carbonyl (C=O) groups is 1. The molecular weight excluding hydrogens is 471 g/mol. The van der Waals surface area contributed by atoms with Gasteiger partial charge in [-0.2, -0.15) is 4.39 Å². The topological polar surface area (TPSA) is 102 Å². The van der Waals surface area contributed by atoms with Gasteiger partial charge in [-0.3, -0.25) is 9.11 Å². The van der Waals surface area contributed by atoms with E-state index in [0.717, 1.165) is 30.4 Å². The zero-order valence-corrected chi connectivity index (χ0v) is 21.4. The van der Waals surface area contributed by atoms with Gasteiger partial charge in [0.05, 0.1) is 10.6 Å². The number of ether oxygens (including phenoxy) is 1. The van der Waals surface area contributed by atoms with E-state index in [1.54, 1.807) is 19.0 Å². The Labute approximate surface area is 208 Å². The highest BCUT2D eigenvalue weighted by Crippen LogP contribution is 2.58. The molecule has 0 saturated carbocycles. The van der Waals surface area contributed by atoms with Crippen molar-refractivity contribution in [2.24, 2.45) is 0 Å². The van der Waals surface area contributed by atoms with Crippen molar-refractivity contribution in [1.82, 2.24) is 4.72 Å². The molecule has 7 nitrogen and oxygen atoms in total. The number of hydrogen-bond donors (Lipinski definition) is 4. The third-order valence-electron chi connectivity index (χ3n) is 6.59. The first kappa shape index (κ1) is 27.0. The van der Waals surface area contributed by atoms with Gasteiger partial charge in [-0.15, -0.1) is 10.8 Å². The third-order valence-corrected chi connectivity index (χ3v) is 8.27. The molecule has 0 bridgehead atoms. The molecular formula is C26H35FN2O5S. The first-order valence-corrected chi connectivity index (χ1v) is 13.3. The van der Waals surface area contributed by atoms with Crippen LogP contribution >= 0.6 is 10.8 Å². The number of nitrogens with one attached hydrogen (secondary N) is 1. The number of halogens is 1. The Morgan fingerprint density at radius 1 is 1.26 bits per heavy atom. The minimum atomic E-state index is -3.47. The number of carboxylic acid groups (broad SMARTS) is 1. The predicted molar refractivity (Wildman–Crippen MR) is 138 cm³/mol. The number of benzene rings is 2. The molecule has 0 spiro atoms. The lowest BCUT2D eigenvalue weighted by atomic mass is 9.76. The molecule has 2 aromatic rings. The molecule has 2 aromatic carbocycles. The molecule has 4 N–H and O–H groups in total. The van der Waals surface area contributed by atoms with Crippen LogP contribution in [0.5, 0.6) is 5.75 Å². The molecule has 0 aliphatic carbocycles. The molecule has 3 rings (SSSR count). The number of nitrogens with zero attached hydrogens (tertiary/aromatic N) is 1. The van der Waals surface area contributed by atoms with Gasteiger partial charge in [0.1, 0.15) is 6.26 Å². The number of rotatable bonds is 9. The highest BCUT2D eigenvalue weighted by Gasteiger charge is 2.42. The van der Waals surface area contributed by atoms with E-state index in [1.807, 2.05) is 36.4 Å². The molecule has 0 aromatic heterocycles. The van der Waals surface area contributed by atoms with Crippen LogP contribution in [0, 0.1) is 0 Å². The predicted octanol–water partition coefficient (Wildman–Crippen LogP) is 6.52. The van der Waals surface area contributed by atoms with Crippen LogP contribution in [0.25, 0.3) is 0 Å². The van der Waals surface area contributed by atoms with E-state index < -0.39 is 28.1 Å². The van der Waals surface area contributed by atoms with Crippen molar-refractivity contribution < 1.29 is 28.1 Å². The van der Waals surface area contributed by atoms with Gasteiger partial charge in [0.15, 0.2) is 5.75 Å². The van der Waals surface area contributed by atoms with Gasteiger partial charge in [-0.05, 0) is 36.5 Å². The molecule has 1 heterocycles. The van der Waals surface area contributed by atoms with E-state index in [2.05, 4.69) is 18.6 Å². The molecule has 35 heavy (non-hydrogen) atoms. The molecule has 9 heteroatoms. The molecule has 2 atom stereocenters. The lowest BCUT2D eigenvalue weighted by Crippen LogP contribution is -2.45. The number of anilines is 1. The number of hydrogen-bond acceptors (Lipinski definition) is 6. The second kappa shape index (κ2) is 11.0. The lowest BCUT2D eigenvalue weighted by Gasteiger charge is -2.43. The van der Waals surface area contributed by atoms with E-state index in [1.165, 1.54) is 6.07 Å². The van der Waals surface area contributed by atoms with Crippen LogP contribution in [-0.4, -0.2) is 39.8 Å². The summed E-state index contributed by atoms with van der Waals surface area (Å²) >= 11 is 0. The van der Waals surface area contributed by atoms with Crippen molar-refractivity contribution >= 4 is 22.4 Å². The second-order valence-electron chi connectivity index (χ2n) is 9.20. The van der Waals surface area contributed by atoms with Crippen LogP contribution in [0.4, 0.5) is 10.1 Å². The monoisotopic (exact) mass is 506 g/mol. The third kappa shape index (κ3) is 5.98. The Bertz CT molecular complexity index is 1080. The minimum Gasteiger partial charge on any atom is -0.476 e. The maximum Gasteiger partial charge on any atom is 0.368 e. The lowest BCUT2D eigenvalue weighted by molar-refractivity contribution is -0.134. The van der Waals surface area contributed by atoms with Crippen molar-refractivity contribution in [3.63, 3.8) is 0 Å². The van der Waals surface area contributed by atoms with Crippen LogP contribution in [0.3, 0.4) is 0 Å². The Hall–Kier alpha value is -2.59. The maximum atomic E-state index is 13.7. The smallest absolute Gasteiger partial charge is 0.368 e. The number of aliphatic carboxylic acids is 1. The zero-order valence-electron chi connectivity index (χ0n) is 20.6. The summed E-state index contributed by atoms with van der Waals surface area (Å²) < 4.78 is 45.1. The number of carboxylic acids is 1. The van der Waals surface area contributed by atoms with E-state index in [0.29, 0.717) is 24.8 Å². The van der Waals surface area contributed by atoms with Crippen molar-refractivity contribution in [2.75, 3.05) is 19.0 Å². The van der Waals surface area contributed by atoms with Gasteiger partial charge in [-0.1, -0.05) is 57.0 Å². The van der Waals surface area contributed by atoms with E-state index >= 15 is 0 Å². The zero-order chi connectivity index (χ0) is 25.8. The Morgan fingerprint density at radius 2 is 1.94 bits per heavy atom. The maximum absolute atomic E-state index is 13.7. The van der Waals surface area contributed by atoms with Gasteiger partial charge in [-0.25, -0.2) is 9.52 Å². The van der Waals surface area contributed by atoms with Crippen LogP contribution in [-0.2, 0) is 4.79 Å². The molecule has 0 radical (unpaired) electrons. The fourth-order valence-electron chi connectivity index (χ4n) is 4.64. The van der Waals surface area contributed by atoms with Crippen LogP contribution in [0.15, 0.2) is 59.4 Å². The van der Waals surface area contributed by atoms with Gasteiger partial charge >= 0.3 is 5.97 Å². The van der Waals surface area contributed by atoms with Gasteiger partial charge in [0.25, 0.3) is 0 Å². The van der Waals surface area contributed by atoms with Crippen molar-refractivity contribution in [2.45, 2.75) is 62.3 Å². The van der Waals surface area contributed by atoms with Gasteiger partial charge in [0.2, 0.25) is 5.83 Å². The highest BCUT2D eigenvalue weighted by atomic mass is 32.3. The quantitative estimate of drug-likeness (QED) is 0.227. The van der Waals surface area contributed by atoms with Gasteiger partial charge in [0, 0.05) is 31.6 Å². The summed E-state index contributed by atoms with van der Waals surface area (Å²) in [7, 11) is 0.103. The fourth-order valence-corrected chi connectivity index (χ4v) is 6.48. The average Bonchev–Trinajstić information content (AvgIpc) is 2.93. The van der Waals surface area contributed by atoms with Crippen molar-refractivity contribution in [3.05, 3.63) is 65.7 Å². The highest BCUT2D eigenvalue weighted by molar-refractivity contribution is 8.22. The summed E-state index contributed by atoms with van der Waals surface area (Å²) in [5.74, 6) is -3.22. The molecule has 1 aliphatic rings. The Morgan fingerprint density at radius 3 is 2.51 bits per heavy atom. The summed E-state index contributed by atoms with van der Waals surface area (Å²) in [6.45, 7) is 4.16. The fraction of sp³-hybridized carbons (Fsp3) is 0.423. The average molecular weight is 507 g/mol. The van der Waals surface area contributed by atoms with Crippen molar-refractivity contribution in [1.29, 1.82) is 0 Å². The van der Waals surface area contributed by atoms with E-state index in [4.69, 9.17) is 9.84 Å². The summed E-state index contributed by atoms with van der Waals surface area (Å²) in [4.78, 5) is 12.9. The molecule has 0 saturated heterocycles. The van der Waals surface area contributed by atoms with Crippen LogP contribution in [0.1, 0.15) is 63.0 Å². The molecule has 192 valence electrons. The normalized spacial score (nSPS) is 22.6. The standard InChI is InChI=1S/C26H35FN2O5S/c1-5-7-13-26(6-2)16-20(18-11-9-8-10-12-18)19-14-22(29(3)4)23(34-17-21(27)25(30)31)15-24(19)35(32,33)28-26/h8-12,14-15,17,20,28,32-33H,5-7,13,16H2,1-4H3,(H,30,31)/b21-17-. The molecule has 2 unspecified atom stereocenters. The SMILES string of the molecule is CCCCC1(CC)CC(c2ccccc2)c2cc(N(C)C)c(O/C=C(\F)C(=O)O)cc2S(O)(O)N1. The number of fused-ring (bicyclic) bond motifs is 1. The summed E-state index contributed by atoms with van der Waals surface area (Å²) in [6, 6.07) is 13.3. The first-order chi connectivity index (χ1) is 16.5. The largest absolute Gasteiger partial charge is 0.476 e. The Kier molecular flexibility index (Phi) is 8.48. The summed E-state index contributed by atoms with van der Waals surface area (Å²) in [6.07, 6.45) is 4.58. The number of unbranched alkanes of at least 4 members (excludes halogenated alkanes) is 1. The molecule has 1 aliphatic heterocycles. The van der Waals surface area contributed by atoms with E-state index in [-0.39, 0.29) is 16.6 Å². The first-order valence-electron chi connectivity index (χ1n) is 11.8. The van der Waals surface area contributed by atoms with Crippen LogP contribution in [0.2, 0.25) is 0 Å². The summed E-state index contributed by atoms with van der Waals surface area (Å²) in [5.41, 5.74) is 1.85. The van der Waals surface area contributed by atoms with Crippen LogP contribution < -0.4 is 14.4 Å².